The van der Waals surface area contributed by atoms with Crippen LogP contribution in [0.4, 0.5) is 5.82 Å². The summed E-state index contributed by atoms with van der Waals surface area (Å²) >= 11 is 0. The molecule has 0 aliphatic carbocycles. The van der Waals surface area contributed by atoms with Crippen molar-refractivity contribution in [1.29, 1.82) is 0 Å². The van der Waals surface area contributed by atoms with E-state index in [1.807, 2.05) is 4.57 Å². The molecule has 5 nitrogen and oxygen atoms in total. The fraction of sp³-hybridized carbons (Fsp3) is 0.375. The Labute approximate surface area is 76.0 Å². The number of nitrogens with two attached hydrogens (primary N) is 1. The minimum absolute atomic E-state index is 0.444. The topological polar surface area (TPSA) is 69.6 Å². The van der Waals surface area contributed by atoms with Crippen LogP contribution in [0.1, 0.15) is 13.3 Å². The first-order valence-electron chi connectivity index (χ1n) is 4.24. The summed E-state index contributed by atoms with van der Waals surface area (Å²) < 4.78 is 1.96. The van der Waals surface area contributed by atoms with Crippen LogP contribution in [-0.2, 0) is 6.54 Å². The molecule has 0 unspecified atom stereocenters. The maximum absolute atomic E-state index is 5.64. The SMILES string of the molecule is CCCn1cnc(N)c2ncnc1-2. The van der Waals surface area contributed by atoms with Crippen molar-refractivity contribution in [2.75, 3.05) is 5.73 Å². The number of imidazole rings is 1. The molecule has 0 aromatic carbocycles. The molecule has 2 N–H and O–H groups in total. The minimum atomic E-state index is 0.444. The molecule has 13 heavy (non-hydrogen) atoms. The van der Waals surface area contributed by atoms with Gasteiger partial charge in [-0.1, -0.05) is 6.92 Å². The molecule has 0 aromatic heterocycles. The Morgan fingerprint density at radius 3 is 3.00 bits per heavy atom. The standard InChI is InChI=1S/C8H11N5/c1-2-3-13-5-12-7(9)6-8(13)11-4-10-6/h4-5H,2-3,9H2,1H3. The molecule has 0 fully saturated rings. The normalized spacial score (nSPS) is 10.8. The maximum Gasteiger partial charge on any atom is 0.165 e. The molecular formula is C8H11N5. The number of nitrogens with zero attached hydrogens (tertiary/aromatic N) is 4. The average Bonchev–Trinajstić information content (AvgIpc) is 2.59. The number of anilines is 1. The summed E-state index contributed by atoms with van der Waals surface area (Å²) in [4.78, 5) is 12.2. The van der Waals surface area contributed by atoms with Crippen LogP contribution < -0.4 is 5.73 Å². The molecule has 2 aliphatic rings. The van der Waals surface area contributed by atoms with E-state index in [1.165, 1.54) is 6.33 Å². The van der Waals surface area contributed by atoms with Gasteiger partial charge in [-0.25, -0.2) is 15.0 Å². The van der Waals surface area contributed by atoms with Gasteiger partial charge in [0.05, 0.1) is 6.33 Å². The van der Waals surface area contributed by atoms with Crippen molar-refractivity contribution in [2.24, 2.45) is 0 Å². The van der Waals surface area contributed by atoms with Crippen molar-refractivity contribution in [1.82, 2.24) is 19.5 Å². The molecule has 0 saturated heterocycles. The molecule has 2 heterocycles. The zero-order chi connectivity index (χ0) is 9.26. The van der Waals surface area contributed by atoms with Gasteiger partial charge in [0.15, 0.2) is 11.6 Å². The number of hydrogen-bond acceptors (Lipinski definition) is 4. The Balaban J connectivity index is 2.54. The van der Waals surface area contributed by atoms with Crippen molar-refractivity contribution in [3.63, 3.8) is 0 Å². The summed E-state index contributed by atoms with van der Waals surface area (Å²) in [5, 5.41) is 0. The van der Waals surface area contributed by atoms with Gasteiger partial charge in [-0.15, -0.1) is 0 Å². The highest BCUT2D eigenvalue weighted by atomic mass is 15.1. The van der Waals surface area contributed by atoms with Crippen LogP contribution in [0, 0.1) is 0 Å². The first kappa shape index (κ1) is 7.97. The van der Waals surface area contributed by atoms with Gasteiger partial charge in [-0.05, 0) is 6.42 Å². The molecule has 0 amide bonds. The molecule has 0 atom stereocenters. The lowest BCUT2D eigenvalue weighted by molar-refractivity contribution is 0.660. The van der Waals surface area contributed by atoms with E-state index in [4.69, 9.17) is 5.73 Å². The molecule has 2 rings (SSSR count). The molecule has 68 valence electrons. The summed E-state index contributed by atoms with van der Waals surface area (Å²) in [7, 11) is 0. The summed E-state index contributed by atoms with van der Waals surface area (Å²) in [6.45, 7) is 2.99. The van der Waals surface area contributed by atoms with Gasteiger partial charge in [-0.3, -0.25) is 0 Å². The second-order valence-corrected chi connectivity index (χ2v) is 2.87. The maximum atomic E-state index is 5.64. The molecule has 0 saturated carbocycles. The van der Waals surface area contributed by atoms with Crippen molar-refractivity contribution >= 4 is 5.82 Å². The summed E-state index contributed by atoms with van der Waals surface area (Å²) in [6.07, 6.45) is 4.25. The van der Waals surface area contributed by atoms with E-state index in [1.54, 1.807) is 6.33 Å². The predicted octanol–water partition coefficient (Wildman–Crippen LogP) is 0.770. The van der Waals surface area contributed by atoms with Crippen molar-refractivity contribution < 1.29 is 0 Å². The Hall–Kier alpha value is -1.65. The number of fused-ring (bicyclic) bond motifs is 1. The van der Waals surface area contributed by atoms with E-state index >= 15 is 0 Å². The minimum Gasteiger partial charge on any atom is -0.382 e. The van der Waals surface area contributed by atoms with E-state index in [0.717, 1.165) is 18.8 Å². The summed E-state index contributed by atoms with van der Waals surface area (Å²) in [5.41, 5.74) is 6.33. The lowest BCUT2D eigenvalue weighted by Crippen LogP contribution is -2.07. The van der Waals surface area contributed by atoms with Crippen LogP contribution in [0.15, 0.2) is 12.7 Å². The number of rotatable bonds is 2. The van der Waals surface area contributed by atoms with E-state index in [9.17, 15) is 0 Å². The molecular weight excluding hydrogens is 166 g/mol. The fourth-order valence-electron chi connectivity index (χ4n) is 1.30. The quantitative estimate of drug-likeness (QED) is 0.735. The van der Waals surface area contributed by atoms with Gasteiger partial charge >= 0.3 is 0 Å². The van der Waals surface area contributed by atoms with E-state index in [-0.39, 0.29) is 0 Å². The number of aryl methyl sites for hydroxylation is 1. The molecule has 0 aromatic rings. The summed E-state index contributed by atoms with van der Waals surface area (Å²) in [5.74, 6) is 1.26. The Morgan fingerprint density at radius 1 is 1.38 bits per heavy atom. The van der Waals surface area contributed by atoms with Crippen molar-refractivity contribution in [2.45, 2.75) is 19.9 Å². The van der Waals surface area contributed by atoms with Gasteiger partial charge in [0.2, 0.25) is 0 Å². The fourth-order valence-corrected chi connectivity index (χ4v) is 1.30. The smallest absolute Gasteiger partial charge is 0.165 e. The zero-order valence-electron chi connectivity index (χ0n) is 7.44. The molecule has 0 spiro atoms. The van der Waals surface area contributed by atoms with Gasteiger partial charge in [0.1, 0.15) is 12.0 Å². The lowest BCUT2D eigenvalue weighted by atomic mass is 10.3. The molecule has 0 radical (unpaired) electrons. The van der Waals surface area contributed by atoms with Crippen LogP contribution >= 0.6 is 0 Å². The molecule has 5 heteroatoms. The summed E-state index contributed by atoms with van der Waals surface area (Å²) in [6, 6.07) is 0. The third-order valence-electron chi connectivity index (χ3n) is 1.89. The van der Waals surface area contributed by atoms with Gasteiger partial charge in [0, 0.05) is 6.54 Å². The first-order valence-corrected chi connectivity index (χ1v) is 4.24. The van der Waals surface area contributed by atoms with Crippen molar-refractivity contribution in [3.8, 4) is 11.5 Å². The van der Waals surface area contributed by atoms with E-state index in [2.05, 4.69) is 21.9 Å². The van der Waals surface area contributed by atoms with Gasteiger partial charge < -0.3 is 10.3 Å². The predicted molar refractivity (Wildman–Crippen MR) is 49.1 cm³/mol. The monoisotopic (exact) mass is 177 g/mol. The Bertz CT molecular complexity index is 380. The molecule has 0 bridgehead atoms. The highest BCUT2D eigenvalue weighted by molar-refractivity contribution is 5.64. The van der Waals surface area contributed by atoms with Crippen LogP contribution in [0.5, 0.6) is 0 Å². The van der Waals surface area contributed by atoms with Gasteiger partial charge in [-0.2, -0.15) is 0 Å². The third-order valence-corrected chi connectivity index (χ3v) is 1.89. The van der Waals surface area contributed by atoms with E-state index < -0.39 is 0 Å². The highest BCUT2D eigenvalue weighted by Gasteiger charge is 2.13. The van der Waals surface area contributed by atoms with E-state index in [0.29, 0.717) is 11.5 Å². The number of hydrogen-bond donors (Lipinski definition) is 1. The van der Waals surface area contributed by atoms with Crippen LogP contribution in [0.25, 0.3) is 11.5 Å². The largest absolute Gasteiger partial charge is 0.382 e. The Morgan fingerprint density at radius 2 is 2.23 bits per heavy atom. The van der Waals surface area contributed by atoms with Crippen LogP contribution in [0.3, 0.4) is 0 Å². The number of aromatic nitrogens is 4. The zero-order valence-corrected chi connectivity index (χ0v) is 7.44. The second-order valence-electron chi connectivity index (χ2n) is 2.87. The number of nitrogen functional groups attached to an aromatic ring is 1. The van der Waals surface area contributed by atoms with Gasteiger partial charge in [0.25, 0.3) is 0 Å². The lowest BCUT2D eigenvalue weighted by Gasteiger charge is -2.09. The second kappa shape index (κ2) is 3.01. The third kappa shape index (κ3) is 1.22. The first-order chi connectivity index (χ1) is 6.33. The Kier molecular flexibility index (Phi) is 1.84. The van der Waals surface area contributed by atoms with Crippen LogP contribution in [0.2, 0.25) is 0 Å². The molecule has 2 aliphatic heterocycles. The van der Waals surface area contributed by atoms with Crippen molar-refractivity contribution in [3.05, 3.63) is 12.7 Å². The highest BCUT2D eigenvalue weighted by Crippen LogP contribution is 2.20. The average molecular weight is 177 g/mol. The van der Waals surface area contributed by atoms with Crippen LogP contribution in [-0.4, -0.2) is 19.5 Å².